The largest absolute Gasteiger partial charge is 0.496 e. The third-order valence-corrected chi connectivity index (χ3v) is 2.78. The van der Waals surface area contributed by atoms with Gasteiger partial charge in [-0.05, 0) is 0 Å². The molecule has 1 aromatic carbocycles. The Labute approximate surface area is 103 Å². The lowest BCUT2D eigenvalue weighted by atomic mass is 10.1. The van der Waals surface area contributed by atoms with Crippen molar-refractivity contribution in [1.82, 2.24) is 0 Å². The van der Waals surface area contributed by atoms with Crippen LogP contribution in [0.3, 0.4) is 0 Å². The Bertz CT molecular complexity index is 389. The second-order valence-electron chi connectivity index (χ2n) is 2.94. The minimum absolute atomic E-state index is 0.483. The Hall–Kier alpha value is -1.41. The van der Waals surface area contributed by atoms with Gasteiger partial charge in [0.05, 0.1) is 33.0 Å². The summed E-state index contributed by atoms with van der Waals surface area (Å²) < 4.78 is 15.5. The highest BCUT2D eigenvalue weighted by Crippen LogP contribution is 2.41. The fourth-order valence-electron chi connectivity index (χ4n) is 1.35. The lowest BCUT2D eigenvalue weighted by Gasteiger charge is -2.15. The Kier molecular flexibility index (Phi) is 4.44. The Morgan fingerprint density at radius 3 is 1.94 bits per heavy atom. The molecule has 5 heteroatoms. The summed E-state index contributed by atoms with van der Waals surface area (Å²) in [6.45, 7) is 0. The molecule has 0 spiro atoms. The van der Waals surface area contributed by atoms with Gasteiger partial charge in [-0.3, -0.25) is 0 Å². The highest BCUT2D eigenvalue weighted by Gasteiger charge is 2.19. The first-order chi connectivity index (χ1) is 7.67. The Morgan fingerprint density at radius 1 is 1.12 bits per heavy atom. The van der Waals surface area contributed by atoms with Crippen LogP contribution in [0.4, 0.5) is 0 Å². The monoisotopic (exact) mass is 285 g/mol. The van der Waals surface area contributed by atoms with Gasteiger partial charge in [0.15, 0.2) is 0 Å². The molecule has 16 heavy (non-hydrogen) atoms. The van der Waals surface area contributed by atoms with Crippen molar-refractivity contribution in [1.29, 1.82) is 5.26 Å². The normalized spacial score (nSPS) is 11.4. The standard InChI is InChI=1S/C11H12BrNO3/c1-14-7-4-9(15-2)11(8(12)6-13)10(5-7)16-3/h4-5,8H,1-3H3. The first-order valence-electron chi connectivity index (χ1n) is 4.51. The van der Waals surface area contributed by atoms with Crippen LogP contribution in [0.2, 0.25) is 0 Å². The van der Waals surface area contributed by atoms with E-state index in [-0.39, 0.29) is 0 Å². The summed E-state index contributed by atoms with van der Waals surface area (Å²) in [5.74, 6) is 1.73. The smallest absolute Gasteiger partial charge is 0.133 e. The number of rotatable bonds is 4. The van der Waals surface area contributed by atoms with Crippen molar-refractivity contribution in [3.8, 4) is 23.3 Å². The molecule has 1 atom stereocenters. The summed E-state index contributed by atoms with van der Waals surface area (Å²) in [7, 11) is 4.63. The number of ether oxygens (including phenoxy) is 3. The van der Waals surface area contributed by atoms with E-state index in [2.05, 4.69) is 22.0 Å². The maximum absolute atomic E-state index is 8.92. The molecule has 0 amide bonds. The third kappa shape index (κ3) is 2.39. The summed E-state index contributed by atoms with van der Waals surface area (Å²) in [6, 6.07) is 5.51. The zero-order valence-corrected chi connectivity index (χ0v) is 10.9. The molecule has 0 N–H and O–H groups in total. The van der Waals surface area contributed by atoms with Crippen LogP contribution in [-0.2, 0) is 0 Å². The summed E-state index contributed by atoms with van der Waals surface area (Å²) in [5.41, 5.74) is 0.660. The van der Waals surface area contributed by atoms with Crippen LogP contribution in [0.5, 0.6) is 17.2 Å². The lowest BCUT2D eigenvalue weighted by Crippen LogP contribution is -1.99. The van der Waals surface area contributed by atoms with Crippen LogP contribution >= 0.6 is 15.9 Å². The van der Waals surface area contributed by atoms with Crippen molar-refractivity contribution in [2.45, 2.75) is 4.83 Å². The van der Waals surface area contributed by atoms with E-state index < -0.39 is 4.83 Å². The molecule has 0 bridgehead atoms. The average Bonchev–Trinajstić information content (AvgIpc) is 2.35. The van der Waals surface area contributed by atoms with E-state index in [0.717, 1.165) is 0 Å². The van der Waals surface area contributed by atoms with E-state index in [4.69, 9.17) is 19.5 Å². The van der Waals surface area contributed by atoms with Crippen LogP contribution in [0.25, 0.3) is 0 Å². The molecule has 0 saturated carbocycles. The lowest BCUT2D eigenvalue weighted by molar-refractivity contribution is 0.370. The number of hydrogen-bond donors (Lipinski definition) is 0. The van der Waals surface area contributed by atoms with E-state index in [1.807, 2.05) is 0 Å². The van der Waals surface area contributed by atoms with Gasteiger partial charge in [-0.2, -0.15) is 5.26 Å². The van der Waals surface area contributed by atoms with Gasteiger partial charge in [0.2, 0.25) is 0 Å². The average molecular weight is 286 g/mol. The second-order valence-corrected chi connectivity index (χ2v) is 3.85. The second kappa shape index (κ2) is 5.61. The molecule has 4 nitrogen and oxygen atoms in total. The van der Waals surface area contributed by atoms with Gasteiger partial charge in [0.1, 0.15) is 22.1 Å². The molecule has 0 aromatic heterocycles. The Balaban J connectivity index is 3.38. The van der Waals surface area contributed by atoms with Gasteiger partial charge in [-0.1, -0.05) is 15.9 Å². The van der Waals surface area contributed by atoms with Crippen LogP contribution in [-0.4, -0.2) is 21.3 Å². The predicted molar refractivity (Wildman–Crippen MR) is 63.4 cm³/mol. The highest BCUT2D eigenvalue weighted by atomic mass is 79.9. The van der Waals surface area contributed by atoms with Gasteiger partial charge in [0, 0.05) is 12.1 Å². The molecular weight excluding hydrogens is 274 g/mol. The Morgan fingerprint density at radius 2 is 1.62 bits per heavy atom. The number of nitrogens with zero attached hydrogens (tertiary/aromatic N) is 1. The fourth-order valence-corrected chi connectivity index (χ4v) is 1.80. The minimum Gasteiger partial charge on any atom is -0.496 e. The van der Waals surface area contributed by atoms with Crippen LogP contribution in [0, 0.1) is 11.3 Å². The molecule has 0 heterocycles. The zero-order chi connectivity index (χ0) is 12.1. The van der Waals surface area contributed by atoms with Gasteiger partial charge in [0.25, 0.3) is 0 Å². The SMILES string of the molecule is COc1cc(OC)c(C(Br)C#N)c(OC)c1. The number of methoxy groups -OCH3 is 3. The summed E-state index contributed by atoms with van der Waals surface area (Å²) in [6.07, 6.45) is 0. The molecule has 1 aromatic rings. The summed E-state index contributed by atoms with van der Waals surface area (Å²) in [5, 5.41) is 8.92. The quantitative estimate of drug-likeness (QED) is 0.798. The van der Waals surface area contributed by atoms with E-state index in [0.29, 0.717) is 22.8 Å². The van der Waals surface area contributed by atoms with Gasteiger partial charge in [-0.25, -0.2) is 0 Å². The van der Waals surface area contributed by atoms with Crippen molar-refractivity contribution < 1.29 is 14.2 Å². The number of halogens is 1. The van der Waals surface area contributed by atoms with E-state index in [1.54, 1.807) is 19.2 Å². The molecule has 86 valence electrons. The molecule has 0 fully saturated rings. The topological polar surface area (TPSA) is 51.5 Å². The van der Waals surface area contributed by atoms with Crippen molar-refractivity contribution in [3.05, 3.63) is 17.7 Å². The van der Waals surface area contributed by atoms with Crippen LogP contribution in [0.15, 0.2) is 12.1 Å². The first kappa shape index (κ1) is 12.7. The molecule has 0 aliphatic rings. The van der Waals surface area contributed by atoms with Crippen molar-refractivity contribution in [2.75, 3.05) is 21.3 Å². The van der Waals surface area contributed by atoms with Crippen LogP contribution < -0.4 is 14.2 Å². The van der Waals surface area contributed by atoms with Gasteiger partial charge < -0.3 is 14.2 Å². The highest BCUT2D eigenvalue weighted by molar-refractivity contribution is 9.09. The molecule has 0 saturated heterocycles. The zero-order valence-electron chi connectivity index (χ0n) is 9.28. The number of benzene rings is 1. The van der Waals surface area contributed by atoms with E-state index in [1.165, 1.54) is 14.2 Å². The molecule has 0 aliphatic carbocycles. The van der Waals surface area contributed by atoms with Gasteiger partial charge >= 0.3 is 0 Å². The van der Waals surface area contributed by atoms with Crippen molar-refractivity contribution in [3.63, 3.8) is 0 Å². The number of alkyl halides is 1. The van der Waals surface area contributed by atoms with Crippen LogP contribution in [0.1, 0.15) is 10.4 Å². The molecule has 1 rings (SSSR count). The van der Waals surface area contributed by atoms with E-state index in [9.17, 15) is 0 Å². The molecule has 0 aliphatic heterocycles. The van der Waals surface area contributed by atoms with Crippen molar-refractivity contribution >= 4 is 15.9 Å². The summed E-state index contributed by atoms with van der Waals surface area (Å²) >= 11 is 3.25. The van der Waals surface area contributed by atoms with Crippen molar-refractivity contribution in [2.24, 2.45) is 0 Å². The predicted octanol–water partition coefficient (Wildman–Crippen LogP) is 2.67. The molecule has 0 radical (unpaired) electrons. The number of hydrogen-bond acceptors (Lipinski definition) is 4. The maximum Gasteiger partial charge on any atom is 0.133 e. The summed E-state index contributed by atoms with van der Waals surface area (Å²) in [4.78, 5) is -0.483. The number of nitriles is 1. The van der Waals surface area contributed by atoms with E-state index >= 15 is 0 Å². The van der Waals surface area contributed by atoms with Gasteiger partial charge in [-0.15, -0.1) is 0 Å². The minimum atomic E-state index is -0.483. The first-order valence-corrected chi connectivity index (χ1v) is 5.43. The fraction of sp³-hybridized carbons (Fsp3) is 0.364. The third-order valence-electron chi connectivity index (χ3n) is 2.12. The maximum atomic E-state index is 8.92. The molecule has 1 unspecified atom stereocenters. The molecular formula is C11H12BrNO3.